The van der Waals surface area contributed by atoms with Gasteiger partial charge in [-0.25, -0.2) is 0 Å². The van der Waals surface area contributed by atoms with Gasteiger partial charge in [-0.05, 0) is 41.7 Å². The maximum atomic E-state index is 12.6. The molecule has 2 N–H and O–H groups in total. The molecule has 4 heteroatoms. The van der Waals surface area contributed by atoms with Crippen molar-refractivity contribution in [2.24, 2.45) is 5.73 Å². The summed E-state index contributed by atoms with van der Waals surface area (Å²) in [5.74, 6) is 0. The highest BCUT2D eigenvalue weighted by atomic mass is 19.4. The van der Waals surface area contributed by atoms with E-state index in [2.05, 4.69) is 6.92 Å². The van der Waals surface area contributed by atoms with Crippen molar-refractivity contribution in [3.05, 3.63) is 59.7 Å². The highest BCUT2D eigenvalue weighted by Crippen LogP contribution is 2.31. The Hall–Kier alpha value is -1.81. The molecule has 0 heterocycles. The number of hydrogen-bond acceptors (Lipinski definition) is 1. The van der Waals surface area contributed by atoms with Crippen molar-refractivity contribution >= 4 is 0 Å². The molecular formula is C19H22F3N. The van der Waals surface area contributed by atoms with Crippen molar-refractivity contribution in [2.75, 3.05) is 0 Å². The number of rotatable bonds is 6. The molecule has 0 spiro atoms. The van der Waals surface area contributed by atoms with Crippen LogP contribution in [0.5, 0.6) is 0 Å². The summed E-state index contributed by atoms with van der Waals surface area (Å²) in [6.07, 6.45) is -0.188. The van der Waals surface area contributed by atoms with Gasteiger partial charge < -0.3 is 5.73 Å². The van der Waals surface area contributed by atoms with E-state index in [1.807, 2.05) is 24.3 Å². The lowest BCUT2D eigenvalue weighted by Gasteiger charge is -2.12. The van der Waals surface area contributed by atoms with Crippen LogP contribution in [0.4, 0.5) is 13.2 Å². The summed E-state index contributed by atoms with van der Waals surface area (Å²) >= 11 is 0. The minimum atomic E-state index is -4.29. The zero-order chi connectivity index (χ0) is 16.9. The molecule has 0 radical (unpaired) electrons. The second-order valence-corrected chi connectivity index (χ2v) is 5.88. The van der Waals surface area contributed by atoms with Gasteiger partial charge in [0.1, 0.15) is 0 Å². The summed E-state index contributed by atoms with van der Waals surface area (Å²) in [4.78, 5) is 0. The molecule has 124 valence electrons. The Bertz CT molecular complexity index is 600. The van der Waals surface area contributed by atoms with Gasteiger partial charge in [0, 0.05) is 6.04 Å². The zero-order valence-corrected chi connectivity index (χ0v) is 13.2. The van der Waals surface area contributed by atoms with E-state index in [0.717, 1.165) is 54.5 Å². The first-order valence-corrected chi connectivity index (χ1v) is 7.92. The van der Waals surface area contributed by atoms with Crippen molar-refractivity contribution in [3.8, 4) is 11.1 Å². The molecule has 2 aromatic carbocycles. The molecule has 0 aromatic heterocycles. The summed E-state index contributed by atoms with van der Waals surface area (Å²) in [5.41, 5.74) is 8.31. The topological polar surface area (TPSA) is 26.0 Å². The molecule has 0 aliphatic rings. The Labute approximate surface area is 135 Å². The number of hydrogen-bond donors (Lipinski definition) is 1. The summed E-state index contributed by atoms with van der Waals surface area (Å²) in [7, 11) is 0. The average molecular weight is 321 g/mol. The first-order chi connectivity index (χ1) is 10.9. The Balaban J connectivity index is 2.04. The van der Waals surface area contributed by atoms with Crippen LogP contribution in [-0.2, 0) is 12.6 Å². The molecule has 2 rings (SSSR count). The van der Waals surface area contributed by atoms with Crippen LogP contribution < -0.4 is 5.73 Å². The van der Waals surface area contributed by atoms with E-state index in [0.29, 0.717) is 0 Å². The third-order valence-corrected chi connectivity index (χ3v) is 3.93. The fraction of sp³-hybridized carbons (Fsp3) is 0.368. The molecule has 0 amide bonds. The molecule has 0 unspecified atom stereocenters. The van der Waals surface area contributed by atoms with Gasteiger partial charge in [0.2, 0.25) is 0 Å². The van der Waals surface area contributed by atoms with Crippen LogP contribution in [0, 0.1) is 0 Å². The number of nitrogens with two attached hydrogens (primary N) is 1. The summed E-state index contributed by atoms with van der Waals surface area (Å²) in [6, 6.07) is 13.3. The monoisotopic (exact) mass is 321 g/mol. The standard InChI is InChI=1S/C19H22F3N/c1-2-3-4-18(23)13-14-5-7-15(8-6-14)16-9-11-17(12-10-16)19(20,21)22/h5-12,18H,2-4,13,23H2,1H3/t18-/m0/s1. The van der Waals surface area contributed by atoms with Gasteiger partial charge >= 0.3 is 6.18 Å². The Morgan fingerprint density at radius 1 is 0.913 bits per heavy atom. The SMILES string of the molecule is CCCC[C@H](N)Cc1ccc(-c2ccc(C(F)(F)F)cc2)cc1. The van der Waals surface area contributed by atoms with Crippen molar-refractivity contribution in [3.63, 3.8) is 0 Å². The predicted molar refractivity (Wildman–Crippen MR) is 88.1 cm³/mol. The molecule has 2 aromatic rings. The first kappa shape index (κ1) is 17.5. The fourth-order valence-corrected chi connectivity index (χ4v) is 2.56. The molecule has 1 nitrogen and oxygen atoms in total. The van der Waals surface area contributed by atoms with Gasteiger partial charge in [0.05, 0.1) is 5.56 Å². The Morgan fingerprint density at radius 3 is 1.91 bits per heavy atom. The minimum absolute atomic E-state index is 0.159. The van der Waals surface area contributed by atoms with Crippen LogP contribution in [-0.4, -0.2) is 6.04 Å². The van der Waals surface area contributed by atoms with Crippen LogP contribution >= 0.6 is 0 Å². The highest BCUT2D eigenvalue weighted by molar-refractivity contribution is 5.64. The third-order valence-electron chi connectivity index (χ3n) is 3.93. The lowest BCUT2D eigenvalue weighted by atomic mass is 9.98. The van der Waals surface area contributed by atoms with Gasteiger partial charge in [-0.2, -0.15) is 13.2 Å². The fourth-order valence-electron chi connectivity index (χ4n) is 2.56. The maximum Gasteiger partial charge on any atom is 0.416 e. The molecular weight excluding hydrogens is 299 g/mol. The normalized spacial score (nSPS) is 13.1. The van der Waals surface area contributed by atoms with Crippen LogP contribution in [0.3, 0.4) is 0 Å². The van der Waals surface area contributed by atoms with E-state index in [9.17, 15) is 13.2 Å². The number of alkyl halides is 3. The third kappa shape index (κ3) is 5.10. The van der Waals surface area contributed by atoms with E-state index in [1.54, 1.807) is 0 Å². The van der Waals surface area contributed by atoms with Gasteiger partial charge in [-0.3, -0.25) is 0 Å². The second kappa shape index (κ2) is 7.64. The predicted octanol–water partition coefficient (Wildman–Crippen LogP) is 5.43. The largest absolute Gasteiger partial charge is 0.416 e. The molecule has 0 fully saturated rings. The maximum absolute atomic E-state index is 12.6. The molecule has 0 bridgehead atoms. The molecule has 23 heavy (non-hydrogen) atoms. The number of benzene rings is 2. The van der Waals surface area contributed by atoms with Crippen LogP contribution in [0.25, 0.3) is 11.1 Å². The van der Waals surface area contributed by atoms with Crippen LogP contribution in [0.15, 0.2) is 48.5 Å². The summed E-state index contributed by atoms with van der Waals surface area (Å²) in [6.45, 7) is 2.14. The smallest absolute Gasteiger partial charge is 0.327 e. The van der Waals surface area contributed by atoms with E-state index in [4.69, 9.17) is 5.73 Å². The Morgan fingerprint density at radius 2 is 1.43 bits per heavy atom. The average Bonchev–Trinajstić information content (AvgIpc) is 2.53. The number of halogens is 3. The molecule has 1 atom stereocenters. The van der Waals surface area contributed by atoms with Gasteiger partial charge in [-0.1, -0.05) is 56.2 Å². The number of unbranched alkanes of at least 4 members (excludes halogenated alkanes) is 1. The lowest BCUT2D eigenvalue weighted by molar-refractivity contribution is -0.137. The molecule has 0 saturated carbocycles. The quantitative estimate of drug-likeness (QED) is 0.754. The van der Waals surface area contributed by atoms with Crippen LogP contribution in [0.1, 0.15) is 37.3 Å². The summed E-state index contributed by atoms with van der Waals surface area (Å²) in [5, 5.41) is 0. The van der Waals surface area contributed by atoms with Crippen molar-refractivity contribution in [2.45, 2.75) is 44.8 Å². The van der Waals surface area contributed by atoms with Gasteiger partial charge in [0.15, 0.2) is 0 Å². The molecule has 0 aliphatic carbocycles. The second-order valence-electron chi connectivity index (χ2n) is 5.88. The Kier molecular flexibility index (Phi) is 5.83. The highest BCUT2D eigenvalue weighted by Gasteiger charge is 2.29. The lowest BCUT2D eigenvalue weighted by Crippen LogP contribution is -2.22. The van der Waals surface area contributed by atoms with E-state index in [-0.39, 0.29) is 6.04 Å². The minimum Gasteiger partial charge on any atom is -0.327 e. The van der Waals surface area contributed by atoms with E-state index >= 15 is 0 Å². The molecule has 0 aliphatic heterocycles. The van der Waals surface area contributed by atoms with Crippen molar-refractivity contribution in [1.82, 2.24) is 0 Å². The van der Waals surface area contributed by atoms with E-state index < -0.39 is 11.7 Å². The molecule has 0 saturated heterocycles. The first-order valence-electron chi connectivity index (χ1n) is 7.92. The van der Waals surface area contributed by atoms with Crippen molar-refractivity contribution in [1.29, 1.82) is 0 Å². The van der Waals surface area contributed by atoms with Gasteiger partial charge in [0.25, 0.3) is 0 Å². The zero-order valence-electron chi connectivity index (χ0n) is 13.2. The summed E-state index contributed by atoms with van der Waals surface area (Å²) < 4.78 is 37.7. The van der Waals surface area contributed by atoms with Gasteiger partial charge in [-0.15, -0.1) is 0 Å². The van der Waals surface area contributed by atoms with Crippen LogP contribution in [0.2, 0.25) is 0 Å². The van der Waals surface area contributed by atoms with Crippen molar-refractivity contribution < 1.29 is 13.2 Å². The van der Waals surface area contributed by atoms with E-state index in [1.165, 1.54) is 12.1 Å².